The van der Waals surface area contributed by atoms with Crippen LogP contribution in [0.25, 0.3) is 6.08 Å². The van der Waals surface area contributed by atoms with E-state index in [0.29, 0.717) is 11.1 Å². The van der Waals surface area contributed by atoms with Crippen molar-refractivity contribution < 1.29 is 25.5 Å². The minimum atomic E-state index is -0.627. The van der Waals surface area contributed by atoms with E-state index in [2.05, 4.69) is 5.32 Å². The highest BCUT2D eigenvalue weighted by atomic mass is 35.5. The van der Waals surface area contributed by atoms with Crippen LogP contribution in [0.1, 0.15) is 11.1 Å². The third kappa shape index (κ3) is 4.27. The molecule has 0 spiro atoms. The zero-order valence-corrected chi connectivity index (χ0v) is 14.6. The first kappa shape index (κ1) is 19.2. The monoisotopic (exact) mass is 392 g/mol. The molecular formula is C17H13ClN2O5S. The van der Waals surface area contributed by atoms with Crippen LogP contribution in [0.5, 0.6) is 28.7 Å². The number of nitrogens with one attached hydrogen (secondary N) is 1. The third-order valence-electron chi connectivity index (χ3n) is 3.32. The number of phenols is 5. The average molecular weight is 393 g/mol. The van der Waals surface area contributed by atoms with Crippen LogP contribution in [-0.4, -0.2) is 30.5 Å². The third-order valence-corrected chi connectivity index (χ3v) is 3.98. The van der Waals surface area contributed by atoms with Crippen LogP contribution in [0, 0.1) is 11.3 Å². The lowest BCUT2D eigenvalue weighted by molar-refractivity contribution is 0.367. The number of aromatic hydroxyl groups is 5. The largest absolute Gasteiger partial charge is 0.504 e. The van der Waals surface area contributed by atoms with Crippen molar-refractivity contribution in [1.82, 2.24) is 5.32 Å². The smallest absolute Gasteiger partial charge is 0.200 e. The zero-order chi connectivity index (χ0) is 19.4. The molecule has 7 nitrogen and oxygen atoms in total. The molecule has 9 heteroatoms. The summed E-state index contributed by atoms with van der Waals surface area (Å²) >= 11 is 10.9. The van der Waals surface area contributed by atoms with Crippen LogP contribution in [0.3, 0.4) is 0 Å². The lowest BCUT2D eigenvalue weighted by Gasteiger charge is -2.09. The van der Waals surface area contributed by atoms with Crippen molar-refractivity contribution in [1.29, 1.82) is 5.26 Å². The maximum atomic E-state index is 9.57. The molecule has 0 aliphatic rings. The maximum absolute atomic E-state index is 9.57. The Bertz CT molecular complexity index is 907. The number of benzene rings is 2. The molecular weight excluding hydrogens is 380 g/mol. The number of hydrogen-bond acceptors (Lipinski definition) is 7. The Kier molecular flexibility index (Phi) is 5.77. The molecule has 26 heavy (non-hydrogen) atoms. The molecule has 0 amide bonds. The van der Waals surface area contributed by atoms with Crippen molar-refractivity contribution in [3.8, 4) is 34.8 Å². The van der Waals surface area contributed by atoms with E-state index in [9.17, 15) is 30.8 Å². The predicted molar refractivity (Wildman–Crippen MR) is 99.2 cm³/mol. The number of thiocarbonyl (C=S) groups is 1. The molecule has 2 rings (SSSR count). The number of nitrogens with zero attached hydrogens (tertiary/aromatic N) is 1. The van der Waals surface area contributed by atoms with Gasteiger partial charge in [0.05, 0.1) is 10.6 Å². The van der Waals surface area contributed by atoms with E-state index >= 15 is 0 Å². The summed E-state index contributed by atoms with van der Waals surface area (Å²) in [4.78, 5) is 0.0724. The summed E-state index contributed by atoms with van der Waals surface area (Å²) in [5, 5.41) is 59.2. The van der Waals surface area contributed by atoms with Crippen LogP contribution in [0.4, 0.5) is 0 Å². The second-order valence-electron chi connectivity index (χ2n) is 5.21. The highest BCUT2D eigenvalue weighted by Crippen LogP contribution is 2.36. The van der Waals surface area contributed by atoms with Crippen LogP contribution in [-0.2, 0) is 6.54 Å². The minimum Gasteiger partial charge on any atom is -0.504 e. The van der Waals surface area contributed by atoms with E-state index < -0.39 is 28.7 Å². The predicted octanol–water partition coefficient (Wildman–Crippen LogP) is 2.89. The molecule has 2 aromatic carbocycles. The van der Waals surface area contributed by atoms with Gasteiger partial charge in [-0.05, 0) is 41.5 Å². The quantitative estimate of drug-likeness (QED) is 0.202. The van der Waals surface area contributed by atoms with Gasteiger partial charge in [-0.3, -0.25) is 0 Å². The molecule has 0 bridgehead atoms. The van der Waals surface area contributed by atoms with E-state index in [1.54, 1.807) is 0 Å². The fourth-order valence-corrected chi connectivity index (χ4v) is 2.44. The van der Waals surface area contributed by atoms with E-state index in [4.69, 9.17) is 23.8 Å². The van der Waals surface area contributed by atoms with Gasteiger partial charge in [-0.15, -0.1) is 0 Å². The number of nitriles is 1. The van der Waals surface area contributed by atoms with E-state index in [1.807, 2.05) is 6.07 Å². The van der Waals surface area contributed by atoms with Crippen LogP contribution >= 0.6 is 23.8 Å². The van der Waals surface area contributed by atoms with Crippen molar-refractivity contribution >= 4 is 34.9 Å². The van der Waals surface area contributed by atoms with Gasteiger partial charge < -0.3 is 30.8 Å². The molecule has 0 heterocycles. The van der Waals surface area contributed by atoms with Gasteiger partial charge in [0.2, 0.25) is 0 Å². The lowest BCUT2D eigenvalue weighted by atomic mass is 10.1. The van der Waals surface area contributed by atoms with E-state index in [0.717, 1.165) is 0 Å². The average Bonchev–Trinajstić information content (AvgIpc) is 2.59. The topological polar surface area (TPSA) is 137 Å². The fourth-order valence-electron chi connectivity index (χ4n) is 2.04. The summed E-state index contributed by atoms with van der Waals surface area (Å²) in [6.45, 7) is 0.0703. The number of rotatable bonds is 4. The first-order chi connectivity index (χ1) is 12.2. The first-order valence-electron chi connectivity index (χ1n) is 7.08. The Morgan fingerprint density at radius 1 is 1.04 bits per heavy atom. The first-order valence-corrected chi connectivity index (χ1v) is 7.86. The van der Waals surface area contributed by atoms with Gasteiger partial charge in [-0.2, -0.15) is 5.26 Å². The molecule has 6 N–H and O–H groups in total. The second kappa shape index (κ2) is 7.82. The molecule has 0 fully saturated rings. The highest BCUT2D eigenvalue weighted by molar-refractivity contribution is 7.80. The Labute approximate surface area is 158 Å². The molecule has 0 unspecified atom stereocenters. The lowest BCUT2D eigenvalue weighted by Crippen LogP contribution is -2.22. The zero-order valence-electron chi connectivity index (χ0n) is 13.1. The summed E-state index contributed by atoms with van der Waals surface area (Å²) in [7, 11) is 0. The summed E-state index contributed by atoms with van der Waals surface area (Å²) in [5.74, 6) is -2.50. The molecule has 0 saturated carbocycles. The normalized spacial score (nSPS) is 11.0. The Morgan fingerprint density at radius 3 is 2.15 bits per heavy atom. The molecule has 0 aromatic heterocycles. The van der Waals surface area contributed by atoms with Gasteiger partial charge in [-0.1, -0.05) is 23.8 Å². The Balaban J connectivity index is 2.18. The van der Waals surface area contributed by atoms with E-state index in [-0.39, 0.29) is 22.1 Å². The van der Waals surface area contributed by atoms with Crippen molar-refractivity contribution in [2.45, 2.75) is 6.54 Å². The van der Waals surface area contributed by atoms with Gasteiger partial charge in [0.15, 0.2) is 28.7 Å². The second-order valence-corrected chi connectivity index (χ2v) is 6.02. The summed E-state index contributed by atoms with van der Waals surface area (Å²) in [6, 6.07) is 6.95. The molecule has 0 aliphatic heterocycles. The van der Waals surface area contributed by atoms with Gasteiger partial charge in [0, 0.05) is 6.54 Å². The van der Waals surface area contributed by atoms with Crippen LogP contribution in [0.2, 0.25) is 5.02 Å². The van der Waals surface area contributed by atoms with Gasteiger partial charge >= 0.3 is 0 Å². The molecule has 0 radical (unpaired) electrons. The van der Waals surface area contributed by atoms with Crippen LogP contribution in [0.15, 0.2) is 29.8 Å². The van der Waals surface area contributed by atoms with Crippen LogP contribution < -0.4 is 5.32 Å². The Hall–Kier alpha value is -3.15. The summed E-state index contributed by atoms with van der Waals surface area (Å²) < 4.78 is 0. The molecule has 2 aromatic rings. The van der Waals surface area contributed by atoms with Gasteiger partial charge in [0.25, 0.3) is 0 Å². The fraction of sp³-hybridized carbons (Fsp3) is 0.0588. The summed E-state index contributed by atoms with van der Waals surface area (Å²) in [6.07, 6.45) is 1.37. The number of hydrogen-bond donors (Lipinski definition) is 6. The van der Waals surface area contributed by atoms with Crippen molar-refractivity contribution in [3.05, 3.63) is 46.0 Å². The highest BCUT2D eigenvalue weighted by Gasteiger charge is 2.11. The van der Waals surface area contributed by atoms with Gasteiger partial charge in [0.1, 0.15) is 11.1 Å². The Morgan fingerprint density at radius 2 is 1.62 bits per heavy atom. The molecule has 0 atom stereocenters. The van der Waals surface area contributed by atoms with Crippen molar-refractivity contribution in [3.63, 3.8) is 0 Å². The minimum absolute atomic E-state index is 0.0633. The molecule has 134 valence electrons. The summed E-state index contributed by atoms with van der Waals surface area (Å²) in [5.41, 5.74) is 0.835. The van der Waals surface area contributed by atoms with Crippen molar-refractivity contribution in [2.24, 2.45) is 0 Å². The molecule has 0 aliphatic carbocycles. The van der Waals surface area contributed by atoms with Gasteiger partial charge in [-0.25, -0.2) is 0 Å². The van der Waals surface area contributed by atoms with E-state index in [1.165, 1.54) is 30.3 Å². The number of halogens is 1. The molecule has 0 saturated heterocycles. The SMILES string of the molecule is N#CC(=Cc1cc(O)c(O)c(Cl)c1)C(=S)NCc1cc(O)c(O)c(O)c1. The van der Waals surface area contributed by atoms with Crippen molar-refractivity contribution in [2.75, 3.05) is 0 Å². The standard InChI is InChI=1S/C17H13ClN2O5S/c18-11-2-8(3-12(21)15(11)24)1-10(6-19)17(26)20-7-9-4-13(22)16(25)14(23)5-9/h1-5,21-25H,7H2,(H,20,26). The maximum Gasteiger partial charge on any atom is 0.200 e. The number of phenolic OH excluding ortho intramolecular Hbond substituents is 5.